The molecule has 0 N–H and O–H groups in total. The van der Waals surface area contributed by atoms with Crippen LogP contribution >= 0.6 is 0 Å². The van der Waals surface area contributed by atoms with E-state index < -0.39 is 46.8 Å². The largest absolute Gasteiger partial charge is 0.465 e. The van der Waals surface area contributed by atoms with Crippen LogP contribution in [-0.4, -0.2) is 86.3 Å². The third-order valence-electron chi connectivity index (χ3n) is 6.84. The van der Waals surface area contributed by atoms with Gasteiger partial charge in [0.2, 0.25) is 0 Å². The van der Waals surface area contributed by atoms with Gasteiger partial charge in [0.05, 0.1) is 49.7 Å². The second-order valence-corrected chi connectivity index (χ2v) is 8.76. The van der Waals surface area contributed by atoms with Gasteiger partial charge in [0, 0.05) is 39.3 Å². The minimum Gasteiger partial charge on any atom is -0.465 e. The summed E-state index contributed by atoms with van der Waals surface area (Å²) in [5, 5.41) is 0. The van der Waals surface area contributed by atoms with Crippen LogP contribution in [0, 0.1) is 10.8 Å². The number of esters is 4. The van der Waals surface area contributed by atoms with Crippen molar-refractivity contribution < 1.29 is 38.1 Å². The van der Waals surface area contributed by atoms with E-state index in [2.05, 4.69) is 0 Å². The van der Waals surface area contributed by atoms with Gasteiger partial charge < -0.3 is 28.7 Å². The van der Waals surface area contributed by atoms with Crippen LogP contribution < -0.4 is 0 Å². The van der Waals surface area contributed by atoms with Gasteiger partial charge in [-0.15, -0.1) is 0 Å². The van der Waals surface area contributed by atoms with E-state index in [0.29, 0.717) is 11.1 Å². The fourth-order valence-electron chi connectivity index (χ4n) is 6.14. The average Bonchev–Trinajstić information content (AvgIpc) is 2.76. The van der Waals surface area contributed by atoms with E-state index in [9.17, 15) is 19.2 Å². The second kappa shape index (κ2) is 9.68. The van der Waals surface area contributed by atoms with Gasteiger partial charge in [0.15, 0.2) is 0 Å². The molecule has 1 aliphatic carbocycles. The smallest absolute Gasteiger partial charge is 0.335 e. The highest BCUT2D eigenvalue weighted by Crippen LogP contribution is 2.67. The van der Waals surface area contributed by atoms with Gasteiger partial charge in [-0.25, -0.2) is 9.59 Å². The summed E-state index contributed by atoms with van der Waals surface area (Å²) in [5.41, 5.74) is -1.86. The lowest BCUT2D eigenvalue weighted by Crippen LogP contribution is -2.85. The molecular formula is C24H34N2O8. The second-order valence-electron chi connectivity index (χ2n) is 8.76. The fourth-order valence-corrected chi connectivity index (χ4v) is 6.14. The zero-order valence-corrected chi connectivity index (χ0v) is 20.7. The quantitative estimate of drug-likeness (QED) is 0.375. The molecule has 0 amide bonds. The normalized spacial score (nSPS) is 29.5. The number of carbonyl (C=O) groups excluding carboxylic acids is 4. The van der Waals surface area contributed by atoms with E-state index in [-0.39, 0.29) is 39.3 Å². The Labute approximate surface area is 199 Å². The molecule has 1 saturated carbocycles. The molecule has 0 saturated heterocycles. The van der Waals surface area contributed by atoms with Crippen LogP contribution in [-0.2, 0) is 38.1 Å². The molecule has 0 radical (unpaired) electrons. The number of carbonyl (C=O) groups is 4. The minimum atomic E-state index is -1.25. The number of fused-ring (bicyclic) bond motifs is 4. The first-order valence-corrected chi connectivity index (χ1v) is 11.7. The molecule has 0 aromatic heterocycles. The third-order valence-corrected chi connectivity index (χ3v) is 6.84. The van der Waals surface area contributed by atoms with Crippen molar-refractivity contribution >= 4 is 23.9 Å². The summed E-state index contributed by atoms with van der Waals surface area (Å²) in [4.78, 5) is 55.9. The first kappa shape index (κ1) is 25.6. The first-order chi connectivity index (χ1) is 16.1. The summed E-state index contributed by atoms with van der Waals surface area (Å²) >= 11 is 0. The molecule has 0 bridgehead atoms. The van der Waals surface area contributed by atoms with E-state index in [4.69, 9.17) is 18.9 Å². The van der Waals surface area contributed by atoms with Gasteiger partial charge in [-0.1, -0.05) is 0 Å². The van der Waals surface area contributed by atoms with E-state index in [1.54, 1.807) is 64.0 Å². The zero-order chi connectivity index (χ0) is 25.3. The molecule has 0 spiro atoms. The maximum Gasteiger partial charge on any atom is 0.335 e. The van der Waals surface area contributed by atoms with E-state index >= 15 is 0 Å². The van der Waals surface area contributed by atoms with Crippen molar-refractivity contribution in [2.24, 2.45) is 10.8 Å². The third kappa shape index (κ3) is 3.63. The predicted molar refractivity (Wildman–Crippen MR) is 120 cm³/mol. The van der Waals surface area contributed by atoms with Gasteiger partial charge in [-0.3, -0.25) is 9.59 Å². The fraction of sp³-hybridized carbons (Fsp3) is 0.667. The summed E-state index contributed by atoms with van der Waals surface area (Å²) in [6.45, 7) is 7.50. The number of rotatable bonds is 8. The van der Waals surface area contributed by atoms with Crippen LogP contribution in [0.2, 0.25) is 0 Å². The Hall–Kier alpha value is -3.04. The van der Waals surface area contributed by atoms with Crippen molar-refractivity contribution in [3.05, 3.63) is 23.5 Å². The highest BCUT2D eigenvalue weighted by atomic mass is 16.5. The van der Waals surface area contributed by atoms with E-state index in [0.717, 1.165) is 0 Å². The van der Waals surface area contributed by atoms with Gasteiger partial charge in [-0.2, -0.15) is 0 Å². The topological polar surface area (TPSA) is 112 Å². The van der Waals surface area contributed by atoms with E-state index in [1.807, 2.05) is 0 Å². The molecule has 0 aromatic rings. The van der Waals surface area contributed by atoms with Crippen molar-refractivity contribution in [3.8, 4) is 0 Å². The Morgan fingerprint density at radius 1 is 0.706 bits per heavy atom. The summed E-state index contributed by atoms with van der Waals surface area (Å²) in [6, 6.07) is -1.41. The zero-order valence-electron chi connectivity index (χ0n) is 20.7. The molecule has 2 heterocycles. The highest BCUT2D eigenvalue weighted by Gasteiger charge is 2.82. The van der Waals surface area contributed by atoms with Gasteiger partial charge in [-0.05, 0) is 27.7 Å². The standard InChI is InChI=1S/C24H34N2O8/c1-7-31-17(27)15-11-23(21(29)33-9-3)19(25(5)13-15)24(22(30)34-10-4)12-16(18(28)32-8-2)14-26(6)20(23)24/h13-14,19-20H,7-12H2,1-6H3. The molecule has 0 atom stereocenters. The van der Waals surface area contributed by atoms with Crippen molar-refractivity contribution in [2.45, 2.75) is 52.6 Å². The Balaban J connectivity index is 2.20. The summed E-state index contributed by atoms with van der Waals surface area (Å²) in [6.07, 6.45) is 3.30. The molecule has 2 aliphatic heterocycles. The average molecular weight is 479 g/mol. The predicted octanol–water partition coefficient (Wildman–Crippen LogP) is 1.40. The molecule has 3 rings (SSSR count). The monoisotopic (exact) mass is 478 g/mol. The van der Waals surface area contributed by atoms with E-state index in [1.165, 1.54) is 0 Å². The Morgan fingerprint density at radius 3 is 1.32 bits per heavy atom. The number of hydrogen-bond donors (Lipinski definition) is 0. The molecule has 10 heteroatoms. The van der Waals surface area contributed by atoms with Crippen LogP contribution in [0.4, 0.5) is 0 Å². The number of ether oxygens (including phenoxy) is 4. The van der Waals surface area contributed by atoms with Gasteiger partial charge in [0.25, 0.3) is 0 Å². The molecule has 0 unspecified atom stereocenters. The SMILES string of the molecule is CCOC(=O)C1=CN(C)C2C(C(=O)OCC)(C1)C1N(C)C=C(C(=O)OCC)CC21C(=O)OCC. The van der Waals surface area contributed by atoms with Crippen LogP contribution in [0.15, 0.2) is 23.5 Å². The Morgan fingerprint density at radius 2 is 1.03 bits per heavy atom. The molecule has 188 valence electrons. The summed E-state index contributed by atoms with van der Waals surface area (Å²) < 4.78 is 21.4. The minimum absolute atomic E-state index is 0.0401. The molecule has 3 aliphatic rings. The molecule has 34 heavy (non-hydrogen) atoms. The van der Waals surface area contributed by atoms with Crippen LogP contribution in [0.3, 0.4) is 0 Å². The van der Waals surface area contributed by atoms with Gasteiger partial charge >= 0.3 is 23.9 Å². The highest BCUT2D eigenvalue weighted by molar-refractivity contribution is 5.97. The van der Waals surface area contributed by atoms with Gasteiger partial charge in [0.1, 0.15) is 10.8 Å². The number of hydrogen-bond acceptors (Lipinski definition) is 10. The van der Waals surface area contributed by atoms with Crippen LogP contribution in [0.1, 0.15) is 40.5 Å². The van der Waals surface area contributed by atoms with Crippen molar-refractivity contribution in [2.75, 3.05) is 40.5 Å². The first-order valence-electron chi connectivity index (χ1n) is 11.7. The van der Waals surface area contributed by atoms with Crippen molar-refractivity contribution in [3.63, 3.8) is 0 Å². The molecule has 1 fully saturated rings. The Bertz CT molecular complexity index is 842. The Kier molecular flexibility index (Phi) is 7.28. The lowest BCUT2D eigenvalue weighted by molar-refractivity contribution is -0.237. The molecular weight excluding hydrogens is 444 g/mol. The lowest BCUT2D eigenvalue weighted by Gasteiger charge is -2.71. The molecule has 0 aromatic carbocycles. The van der Waals surface area contributed by atoms with Crippen molar-refractivity contribution in [1.82, 2.24) is 9.80 Å². The maximum atomic E-state index is 13.6. The summed E-state index contributed by atoms with van der Waals surface area (Å²) in [5.74, 6) is -2.06. The lowest BCUT2D eigenvalue weighted by atomic mass is 9.39. The van der Waals surface area contributed by atoms with Crippen LogP contribution in [0.5, 0.6) is 0 Å². The number of nitrogens with zero attached hydrogens (tertiary/aromatic N) is 2. The summed E-state index contributed by atoms with van der Waals surface area (Å²) in [7, 11) is 3.41. The molecule has 10 nitrogen and oxygen atoms in total. The van der Waals surface area contributed by atoms with Crippen LogP contribution in [0.25, 0.3) is 0 Å². The maximum absolute atomic E-state index is 13.6. The van der Waals surface area contributed by atoms with Crippen molar-refractivity contribution in [1.29, 1.82) is 0 Å².